The fraction of sp³-hybridized carbons (Fsp3) is 0.269. The molecule has 5 rings (SSSR count). The Bertz CT molecular complexity index is 1530. The van der Waals surface area contributed by atoms with E-state index in [1.165, 1.54) is 18.2 Å². The molecule has 1 amide bonds. The summed E-state index contributed by atoms with van der Waals surface area (Å²) >= 11 is 0. The molecule has 1 aliphatic heterocycles. The Hall–Kier alpha value is -4.19. The molecule has 1 aromatic carbocycles. The van der Waals surface area contributed by atoms with Crippen LogP contribution in [-0.2, 0) is 4.74 Å². The number of aryl methyl sites for hydroxylation is 1. The fourth-order valence-electron chi connectivity index (χ4n) is 4.67. The van der Waals surface area contributed by atoms with Gasteiger partial charge in [-0.3, -0.25) is 9.69 Å². The second-order valence-corrected chi connectivity index (χ2v) is 8.97. The van der Waals surface area contributed by atoms with Crippen molar-refractivity contribution in [2.45, 2.75) is 13.2 Å². The molecule has 198 valence electrons. The number of rotatable bonds is 5. The largest absolute Gasteiger partial charge is 0.485 e. The molecule has 4 heterocycles. The van der Waals surface area contributed by atoms with Crippen LogP contribution in [0.15, 0.2) is 49.1 Å². The second-order valence-electron chi connectivity index (χ2n) is 8.97. The number of morpholine rings is 1. The summed E-state index contributed by atoms with van der Waals surface area (Å²) in [6.45, 7) is 4.14. The third-order valence-electron chi connectivity index (χ3n) is 6.61. The first-order valence-corrected chi connectivity index (χ1v) is 11.8. The molecule has 12 heteroatoms. The summed E-state index contributed by atoms with van der Waals surface area (Å²) in [6, 6.07) is 5.76. The number of alkyl halides is 3. The van der Waals surface area contributed by atoms with Crippen LogP contribution in [0.25, 0.3) is 27.9 Å². The number of ether oxygens (including phenoxy) is 1. The number of hydrogen-bond acceptors (Lipinski definition) is 6. The lowest BCUT2D eigenvalue weighted by atomic mass is 9.92. The number of amides is 1. The average molecular weight is 529 g/mol. The van der Waals surface area contributed by atoms with E-state index in [1.807, 2.05) is 16.7 Å². The molecule has 0 spiro atoms. The molecule has 0 unspecified atom stereocenters. The van der Waals surface area contributed by atoms with E-state index in [1.54, 1.807) is 19.3 Å². The van der Waals surface area contributed by atoms with Crippen molar-refractivity contribution in [3.05, 3.63) is 66.0 Å². The highest BCUT2D eigenvalue weighted by Gasteiger charge is 2.38. The summed E-state index contributed by atoms with van der Waals surface area (Å²) in [5.74, 6) is -2.45. The predicted octanol–water partition coefficient (Wildman–Crippen LogP) is 4.40. The van der Waals surface area contributed by atoms with E-state index in [-0.39, 0.29) is 21.6 Å². The van der Waals surface area contributed by atoms with Crippen molar-refractivity contribution >= 4 is 23.1 Å². The van der Waals surface area contributed by atoms with Gasteiger partial charge in [0.05, 0.1) is 24.5 Å². The highest BCUT2D eigenvalue weighted by atomic mass is 19.4. The van der Waals surface area contributed by atoms with Crippen molar-refractivity contribution in [3.8, 4) is 22.3 Å². The van der Waals surface area contributed by atoms with Gasteiger partial charge in [-0.15, -0.1) is 0 Å². The van der Waals surface area contributed by atoms with Crippen molar-refractivity contribution in [1.82, 2.24) is 14.4 Å². The lowest BCUT2D eigenvalue weighted by Crippen LogP contribution is -2.36. The Morgan fingerprint density at radius 3 is 2.53 bits per heavy atom. The van der Waals surface area contributed by atoms with Gasteiger partial charge in [-0.2, -0.15) is 13.2 Å². The minimum atomic E-state index is -4.83. The zero-order valence-corrected chi connectivity index (χ0v) is 20.6. The standard InChI is InChI=1S/C26H24F4N6O2/c1-15-11-20(27)19(22-17(23(31)37)3-4-32-25(22)34(2)26(28,29)30)13-18(15)16-12-21(35-7-9-38-10-8-35)24-33-5-6-36(24)14-16/h3-6,11-14H,7-10H2,1-2H3,(H2,31,37). The van der Waals surface area contributed by atoms with E-state index in [9.17, 15) is 18.0 Å². The van der Waals surface area contributed by atoms with Crippen LogP contribution in [-0.4, -0.2) is 59.9 Å². The Kier molecular flexibility index (Phi) is 6.43. The predicted molar refractivity (Wildman–Crippen MR) is 135 cm³/mol. The zero-order valence-electron chi connectivity index (χ0n) is 20.6. The summed E-state index contributed by atoms with van der Waals surface area (Å²) in [7, 11) is 0.755. The monoisotopic (exact) mass is 528 g/mol. The van der Waals surface area contributed by atoms with Crippen molar-refractivity contribution in [3.63, 3.8) is 0 Å². The number of nitrogens with zero attached hydrogens (tertiary/aromatic N) is 5. The summed E-state index contributed by atoms with van der Waals surface area (Å²) in [5, 5.41) is 0. The summed E-state index contributed by atoms with van der Waals surface area (Å²) in [4.78, 5) is 22.6. The second kappa shape index (κ2) is 9.60. The van der Waals surface area contributed by atoms with Gasteiger partial charge in [-0.05, 0) is 42.3 Å². The third kappa shape index (κ3) is 4.51. The van der Waals surface area contributed by atoms with Gasteiger partial charge in [0.1, 0.15) is 11.6 Å². The first kappa shape index (κ1) is 25.5. The molecule has 2 N–H and O–H groups in total. The molecule has 0 radical (unpaired) electrons. The molecule has 3 aromatic heterocycles. The van der Waals surface area contributed by atoms with Crippen molar-refractivity contribution in [2.75, 3.05) is 43.2 Å². The summed E-state index contributed by atoms with van der Waals surface area (Å²) < 4.78 is 63.8. The van der Waals surface area contributed by atoms with Gasteiger partial charge < -0.3 is 19.8 Å². The van der Waals surface area contributed by atoms with Crippen LogP contribution in [0, 0.1) is 12.7 Å². The maximum atomic E-state index is 15.5. The molecule has 0 bridgehead atoms. The molecule has 4 aromatic rings. The van der Waals surface area contributed by atoms with Crippen molar-refractivity contribution < 1.29 is 27.1 Å². The van der Waals surface area contributed by atoms with Gasteiger partial charge in [-0.1, -0.05) is 0 Å². The topological polar surface area (TPSA) is 89.0 Å². The van der Waals surface area contributed by atoms with E-state index < -0.39 is 23.8 Å². The molecule has 8 nitrogen and oxygen atoms in total. The van der Waals surface area contributed by atoms with E-state index >= 15 is 4.39 Å². The molecule has 1 aliphatic rings. The van der Waals surface area contributed by atoms with Gasteiger partial charge >= 0.3 is 6.30 Å². The Morgan fingerprint density at radius 2 is 1.84 bits per heavy atom. The smallest absolute Gasteiger partial charge is 0.378 e. The molecular weight excluding hydrogens is 504 g/mol. The van der Waals surface area contributed by atoms with E-state index in [4.69, 9.17) is 10.5 Å². The highest BCUT2D eigenvalue weighted by molar-refractivity contribution is 6.03. The Balaban J connectivity index is 1.74. The van der Waals surface area contributed by atoms with Gasteiger partial charge in [0, 0.05) is 61.6 Å². The van der Waals surface area contributed by atoms with Gasteiger partial charge in [0.15, 0.2) is 5.65 Å². The van der Waals surface area contributed by atoms with Crippen LogP contribution in [0.4, 0.5) is 29.1 Å². The van der Waals surface area contributed by atoms with Crippen LogP contribution in [0.1, 0.15) is 15.9 Å². The number of carbonyl (C=O) groups is 1. The first-order valence-electron chi connectivity index (χ1n) is 11.8. The van der Waals surface area contributed by atoms with E-state index in [0.717, 1.165) is 24.6 Å². The number of pyridine rings is 2. The number of aromatic nitrogens is 3. The first-order chi connectivity index (χ1) is 18.1. The van der Waals surface area contributed by atoms with Crippen molar-refractivity contribution in [1.29, 1.82) is 0 Å². The van der Waals surface area contributed by atoms with Crippen LogP contribution >= 0.6 is 0 Å². The molecule has 0 atom stereocenters. The minimum Gasteiger partial charge on any atom is -0.378 e. The SMILES string of the molecule is Cc1cc(F)c(-c2c(C(N)=O)ccnc2N(C)C(F)(F)F)cc1-c1cc(N2CCOCC2)c2nccn2c1. The minimum absolute atomic E-state index is 0.0676. The molecule has 1 fully saturated rings. The quantitative estimate of drug-likeness (QED) is 0.305. The number of nitrogens with two attached hydrogens (primary N) is 1. The number of anilines is 2. The van der Waals surface area contributed by atoms with Crippen LogP contribution in [0.3, 0.4) is 0 Å². The van der Waals surface area contributed by atoms with Crippen LogP contribution in [0.2, 0.25) is 0 Å². The normalized spacial score (nSPS) is 14.2. The summed E-state index contributed by atoms with van der Waals surface area (Å²) in [5.41, 5.74) is 8.03. The number of benzene rings is 1. The highest BCUT2D eigenvalue weighted by Crippen LogP contribution is 2.40. The van der Waals surface area contributed by atoms with Gasteiger partial charge in [0.25, 0.3) is 0 Å². The van der Waals surface area contributed by atoms with Crippen LogP contribution < -0.4 is 15.5 Å². The van der Waals surface area contributed by atoms with Gasteiger partial charge in [-0.25, -0.2) is 14.4 Å². The van der Waals surface area contributed by atoms with E-state index in [0.29, 0.717) is 43.0 Å². The number of primary amides is 1. The Morgan fingerprint density at radius 1 is 1.11 bits per heavy atom. The molecule has 1 saturated heterocycles. The molecular formula is C26H24F4N6O2. The van der Waals surface area contributed by atoms with Gasteiger partial charge in [0.2, 0.25) is 5.91 Å². The van der Waals surface area contributed by atoms with Crippen LogP contribution in [0.5, 0.6) is 0 Å². The van der Waals surface area contributed by atoms with Crippen molar-refractivity contribution in [2.24, 2.45) is 5.73 Å². The maximum Gasteiger partial charge on any atom is 0.485 e. The average Bonchev–Trinajstić information content (AvgIpc) is 3.36. The number of halogens is 4. The lowest BCUT2D eigenvalue weighted by Gasteiger charge is -2.29. The summed E-state index contributed by atoms with van der Waals surface area (Å²) in [6.07, 6.45) is 1.47. The van der Waals surface area contributed by atoms with E-state index in [2.05, 4.69) is 14.9 Å². The fourth-order valence-corrected chi connectivity index (χ4v) is 4.67. The lowest BCUT2D eigenvalue weighted by molar-refractivity contribution is -0.126. The third-order valence-corrected chi connectivity index (χ3v) is 6.61. The Labute approximate surface area is 215 Å². The molecule has 0 saturated carbocycles. The number of fused-ring (bicyclic) bond motifs is 1. The number of carbonyl (C=O) groups excluding carboxylic acids is 1. The molecule has 0 aliphatic carbocycles. The maximum absolute atomic E-state index is 15.5. The number of hydrogen-bond donors (Lipinski definition) is 1. The number of imidazole rings is 1. The molecule has 38 heavy (non-hydrogen) atoms. The zero-order chi connectivity index (χ0) is 27.2.